The molecule has 1 atom stereocenters. The molecule has 1 unspecified atom stereocenters. The molecule has 7 heteroatoms. The van der Waals surface area contributed by atoms with Crippen LogP contribution in [0.1, 0.15) is 48.4 Å². The number of carbonyl (C=O) groups excluding carboxylic acids is 3. The molecule has 1 N–H and O–H groups in total. The van der Waals surface area contributed by atoms with Gasteiger partial charge >= 0.3 is 0 Å². The third-order valence-corrected chi connectivity index (χ3v) is 6.79. The number of fused-ring (bicyclic) bond motifs is 2. The van der Waals surface area contributed by atoms with Crippen molar-refractivity contribution in [3.05, 3.63) is 125 Å². The van der Waals surface area contributed by atoms with Crippen molar-refractivity contribution in [1.29, 1.82) is 0 Å². The molecule has 0 saturated carbocycles. The van der Waals surface area contributed by atoms with Gasteiger partial charge in [0.25, 0.3) is 17.7 Å². The minimum Gasteiger partial charge on any atom is -0.496 e. The Morgan fingerprint density at radius 3 is 2.03 bits per heavy atom. The minimum absolute atomic E-state index is 0.0476. The summed E-state index contributed by atoms with van der Waals surface area (Å²) in [7, 11) is 1.55. The van der Waals surface area contributed by atoms with E-state index in [0.717, 1.165) is 16.9 Å². The lowest BCUT2D eigenvalue weighted by atomic mass is 10.0. The summed E-state index contributed by atoms with van der Waals surface area (Å²) >= 11 is 0. The van der Waals surface area contributed by atoms with E-state index in [1.807, 2.05) is 60.7 Å². The first kappa shape index (κ1) is 22.5. The summed E-state index contributed by atoms with van der Waals surface area (Å²) in [6.45, 7) is 0.0476. The number of para-hydroxylation sites is 2. The molecule has 37 heavy (non-hydrogen) atoms. The molecule has 0 aromatic heterocycles. The van der Waals surface area contributed by atoms with Gasteiger partial charge in [0, 0.05) is 16.9 Å². The van der Waals surface area contributed by atoms with Crippen LogP contribution in [0.3, 0.4) is 0 Å². The van der Waals surface area contributed by atoms with Crippen molar-refractivity contribution in [3.63, 3.8) is 0 Å². The Bertz CT molecular complexity index is 1510. The highest BCUT2D eigenvalue weighted by atomic mass is 16.5. The fourth-order valence-corrected chi connectivity index (χ4v) is 4.99. The maximum atomic E-state index is 13.7. The van der Waals surface area contributed by atoms with Gasteiger partial charge in [-0.25, -0.2) is 0 Å². The Labute approximate surface area is 213 Å². The predicted molar refractivity (Wildman–Crippen MR) is 140 cm³/mol. The van der Waals surface area contributed by atoms with E-state index < -0.39 is 6.17 Å². The van der Waals surface area contributed by atoms with Gasteiger partial charge in [-0.3, -0.25) is 24.2 Å². The van der Waals surface area contributed by atoms with Gasteiger partial charge < -0.3 is 10.1 Å². The fraction of sp³-hybridized carbons (Fsp3) is 0.100. The van der Waals surface area contributed by atoms with Crippen molar-refractivity contribution in [3.8, 4) is 5.75 Å². The van der Waals surface area contributed by atoms with Crippen molar-refractivity contribution < 1.29 is 19.1 Å². The van der Waals surface area contributed by atoms with Gasteiger partial charge in [0.15, 0.2) is 0 Å². The van der Waals surface area contributed by atoms with Gasteiger partial charge in [0.05, 0.1) is 30.3 Å². The quantitative estimate of drug-likeness (QED) is 0.387. The van der Waals surface area contributed by atoms with Crippen LogP contribution in [0.4, 0.5) is 11.4 Å². The van der Waals surface area contributed by atoms with E-state index in [4.69, 9.17) is 4.74 Å². The summed E-state index contributed by atoms with van der Waals surface area (Å²) in [6.07, 6.45) is -0.517. The van der Waals surface area contributed by atoms with Gasteiger partial charge in [-0.1, -0.05) is 48.5 Å². The smallest absolute Gasteiger partial charge is 0.262 e. The summed E-state index contributed by atoms with van der Waals surface area (Å²) in [6, 6.07) is 29.3. The normalized spacial score (nSPS) is 16.4. The Morgan fingerprint density at radius 2 is 1.35 bits per heavy atom. The number of hydrogen-bond acceptors (Lipinski definition) is 5. The Morgan fingerprint density at radius 1 is 0.730 bits per heavy atom. The molecule has 0 bridgehead atoms. The zero-order chi connectivity index (χ0) is 25.5. The zero-order valence-corrected chi connectivity index (χ0v) is 20.0. The molecule has 0 radical (unpaired) electrons. The number of nitrogens with zero attached hydrogens (tertiary/aromatic N) is 2. The predicted octanol–water partition coefficient (Wildman–Crippen LogP) is 5.26. The van der Waals surface area contributed by atoms with Crippen LogP contribution in [0, 0.1) is 0 Å². The van der Waals surface area contributed by atoms with Crippen LogP contribution in [0.5, 0.6) is 5.75 Å². The highest BCUT2D eigenvalue weighted by molar-refractivity contribution is 6.21. The van der Waals surface area contributed by atoms with E-state index >= 15 is 0 Å². The molecule has 3 amide bonds. The summed E-state index contributed by atoms with van der Waals surface area (Å²) in [5.41, 5.74) is 4.32. The molecule has 2 aliphatic heterocycles. The van der Waals surface area contributed by atoms with Crippen molar-refractivity contribution in [2.75, 3.05) is 17.3 Å². The number of benzene rings is 4. The Kier molecular flexibility index (Phi) is 5.45. The van der Waals surface area contributed by atoms with Gasteiger partial charge in [0.2, 0.25) is 0 Å². The van der Waals surface area contributed by atoms with Gasteiger partial charge in [-0.05, 0) is 54.1 Å². The second-order valence-corrected chi connectivity index (χ2v) is 8.92. The SMILES string of the molecule is COc1ccc(C2Nc3ccccc3C(=O)N2c2ccccc2)cc1CN1C(=O)c2ccccc2C1=O. The molecular weight excluding hydrogens is 466 g/mol. The highest BCUT2D eigenvalue weighted by Gasteiger charge is 2.37. The van der Waals surface area contributed by atoms with Crippen molar-refractivity contribution in [2.45, 2.75) is 12.7 Å². The van der Waals surface area contributed by atoms with Gasteiger partial charge in [0.1, 0.15) is 11.9 Å². The first-order chi connectivity index (χ1) is 18.1. The maximum Gasteiger partial charge on any atom is 0.262 e. The number of rotatable bonds is 5. The van der Waals surface area contributed by atoms with Crippen LogP contribution >= 0.6 is 0 Å². The molecular formula is C30H23N3O4. The fourth-order valence-electron chi connectivity index (χ4n) is 4.99. The summed E-state index contributed by atoms with van der Waals surface area (Å²) in [4.78, 5) is 42.6. The largest absolute Gasteiger partial charge is 0.496 e. The van der Waals surface area contributed by atoms with Gasteiger partial charge in [-0.2, -0.15) is 0 Å². The molecule has 0 aliphatic carbocycles. The monoisotopic (exact) mass is 489 g/mol. The number of ether oxygens (including phenoxy) is 1. The van der Waals surface area contributed by atoms with E-state index in [-0.39, 0.29) is 24.3 Å². The summed E-state index contributed by atoms with van der Waals surface area (Å²) < 4.78 is 5.58. The Balaban J connectivity index is 1.41. The topological polar surface area (TPSA) is 79.0 Å². The molecule has 182 valence electrons. The second-order valence-electron chi connectivity index (χ2n) is 8.92. The first-order valence-electron chi connectivity index (χ1n) is 11.9. The number of carbonyl (C=O) groups is 3. The Hall–Kier alpha value is -4.91. The van der Waals surface area contributed by atoms with E-state index in [9.17, 15) is 14.4 Å². The number of hydrogen-bond donors (Lipinski definition) is 1. The molecule has 4 aromatic carbocycles. The van der Waals surface area contributed by atoms with Crippen LogP contribution in [0.25, 0.3) is 0 Å². The van der Waals surface area contributed by atoms with E-state index in [0.29, 0.717) is 28.0 Å². The van der Waals surface area contributed by atoms with E-state index in [1.54, 1.807) is 48.4 Å². The second kappa shape index (κ2) is 8.95. The number of anilines is 2. The number of methoxy groups -OCH3 is 1. The van der Waals surface area contributed by atoms with E-state index in [2.05, 4.69) is 5.32 Å². The van der Waals surface area contributed by atoms with E-state index in [1.165, 1.54) is 4.90 Å². The summed E-state index contributed by atoms with van der Waals surface area (Å²) in [5, 5.41) is 3.50. The van der Waals surface area contributed by atoms with Crippen LogP contribution < -0.4 is 15.0 Å². The molecule has 7 nitrogen and oxygen atoms in total. The zero-order valence-electron chi connectivity index (χ0n) is 20.0. The molecule has 0 spiro atoms. The van der Waals surface area contributed by atoms with Crippen molar-refractivity contribution >= 4 is 29.1 Å². The lowest BCUT2D eigenvalue weighted by Gasteiger charge is -2.38. The van der Waals surface area contributed by atoms with Crippen LogP contribution in [0.15, 0.2) is 97.1 Å². The van der Waals surface area contributed by atoms with Crippen LogP contribution in [-0.4, -0.2) is 29.7 Å². The molecule has 2 heterocycles. The lowest BCUT2D eigenvalue weighted by Crippen LogP contribution is -2.43. The van der Waals surface area contributed by atoms with Crippen molar-refractivity contribution in [1.82, 2.24) is 4.90 Å². The molecule has 6 rings (SSSR count). The van der Waals surface area contributed by atoms with Crippen LogP contribution in [0.2, 0.25) is 0 Å². The first-order valence-corrected chi connectivity index (χ1v) is 11.9. The maximum absolute atomic E-state index is 13.7. The minimum atomic E-state index is -0.517. The standard InChI is InChI=1S/C30H23N3O4/c1-37-26-16-15-19(17-20(26)18-32-28(34)22-11-5-6-12-23(22)29(32)35)27-31-25-14-8-7-13-24(25)30(36)33(27)21-9-3-2-4-10-21/h2-17,27,31H,18H2,1H3. The van der Waals surface area contributed by atoms with Crippen LogP contribution in [-0.2, 0) is 6.54 Å². The number of amides is 3. The third kappa shape index (κ3) is 3.72. The number of imide groups is 1. The summed E-state index contributed by atoms with van der Waals surface area (Å²) in [5.74, 6) is -0.241. The highest BCUT2D eigenvalue weighted by Crippen LogP contribution is 2.38. The molecule has 4 aromatic rings. The van der Waals surface area contributed by atoms with Crippen molar-refractivity contribution in [2.24, 2.45) is 0 Å². The lowest BCUT2D eigenvalue weighted by molar-refractivity contribution is 0.0641. The third-order valence-electron chi connectivity index (χ3n) is 6.79. The number of nitrogens with one attached hydrogen (secondary N) is 1. The molecule has 0 fully saturated rings. The average Bonchev–Trinajstić information content (AvgIpc) is 3.18. The molecule has 0 saturated heterocycles. The van der Waals surface area contributed by atoms with Gasteiger partial charge in [-0.15, -0.1) is 0 Å². The molecule has 2 aliphatic rings. The average molecular weight is 490 g/mol.